The maximum absolute atomic E-state index is 10.6. The first-order valence-corrected chi connectivity index (χ1v) is 21.1. The van der Waals surface area contributed by atoms with E-state index >= 15 is 0 Å². The van der Waals surface area contributed by atoms with Crippen molar-refractivity contribution in [3.8, 4) is 46.2 Å². The van der Waals surface area contributed by atoms with Crippen LogP contribution in [0.15, 0.2) is 167 Å². The largest absolute Gasteiger partial charge is 0.456 e. The lowest BCUT2D eigenvalue weighted by molar-refractivity contribution is 0.631. The van der Waals surface area contributed by atoms with E-state index in [0.29, 0.717) is 43.6 Å². The molecule has 0 saturated heterocycles. The molecule has 6 aromatic carbocycles. The Bertz CT molecular complexity index is 3600. The lowest BCUT2D eigenvalue weighted by Gasteiger charge is -2.18. The highest BCUT2D eigenvalue weighted by molar-refractivity contribution is 6.35. The Morgan fingerprint density at radius 2 is 0.906 bits per heavy atom. The van der Waals surface area contributed by atoms with Crippen molar-refractivity contribution in [3.05, 3.63) is 180 Å². The summed E-state index contributed by atoms with van der Waals surface area (Å²) in [5.74, 6) is -0.167. The topological polar surface area (TPSA) is 135 Å². The molecule has 0 bridgehead atoms. The van der Waals surface area contributed by atoms with E-state index in [1.807, 2.05) is 143 Å². The average molecular weight is 868 g/mol. The average Bonchev–Trinajstić information content (AvgIpc) is 4.15. The van der Waals surface area contributed by atoms with E-state index in [1.165, 1.54) is 0 Å². The van der Waals surface area contributed by atoms with Crippen LogP contribution in [-0.4, -0.2) is 29.1 Å². The van der Waals surface area contributed by atoms with E-state index in [1.54, 1.807) is 25.0 Å². The molecule has 0 fully saturated rings. The molecule has 12 rings (SSSR count). The molecule has 12 aromatic rings. The highest BCUT2D eigenvalue weighted by Crippen LogP contribution is 2.40. The quantitative estimate of drug-likeness (QED) is 0.154. The van der Waals surface area contributed by atoms with Gasteiger partial charge in [0.2, 0.25) is 0 Å². The van der Waals surface area contributed by atoms with Crippen LogP contribution in [0.5, 0.6) is 0 Å². The summed E-state index contributed by atoms with van der Waals surface area (Å²) in [5.41, 5.74) is 10.7. The van der Waals surface area contributed by atoms with Crippen molar-refractivity contribution in [2.75, 3.05) is 0 Å². The summed E-state index contributed by atoms with van der Waals surface area (Å²) < 4.78 is 16.4. The smallest absolute Gasteiger partial charge is 0.136 e. The Kier molecular flexibility index (Phi) is 8.60. The van der Waals surface area contributed by atoms with Crippen LogP contribution in [0, 0.1) is 22.7 Å². The molecule has 2 unspecified atom stereocenters. The van der Waals surface area contributed by atoms with Crippen LogP contribution in [0.25, 0.3) is 99.8 Å². The van der Waals surface area contributed by atoms with Crippen LogP contribution in [0.1, 0.15) is 23.0 Å². The Morgan fingerprint density at radius 3 is 1.31 bits per heavy atom. The van der Waals surface area contributed by atoms with Crippen LogP contribution in [0.4, 0.5) is 0 Å². The Morgan fingerprint density at radius 1 is 0.484 bits per heavy atom. The molecule has 0 aliphatic rings. The normalized spacial score (nSPS) is 12.7. The minimum atomic E-state index is -0.742. The number of benzene rings is 6. The molecule has 0 aliphatic heterocycles. The zero-order valence-corrected chi connectivity index (χ0v) is 34.8. The molecule has 0 radical (unpaired) electrons. The number of rotatable bonds is 7. The standard InChI is InChI=1S/C52H28Cl2N8O2/c53-41-21-43-37(19-35(41)49-17-31-5-1-3-7-47(31)63-49)51-45(25-57-43)59-27-61(51)33-13-9-29(10-14-33)39(23-55)40(24-56)30-11-15-34(16-12-30)62-28-60-46-26-58-44-22-42(54)36(20-38(44)52(46)62)50-18-32-6-2-4-8-48(32)64-50/h1-22,25-28,39-40H. The number of hydrogen-bond donors (Lipinski definition) is 0. The predicted octanol–water partition coefficient (Wildman–Crippen LogP) is 13.5. The molecular formula is C52H28Cl2N8O2. The van der Waals surface area contributed by atoms with Gasteiger partial charge in [-0.15, -0.1) is 0 Å². The van der Waals surface area contributed by atoms with Crippen LogP contribution >= 0.6 is 23.2 Å². The van der Waals surface area contributed by atoms with Crippen LogP contribution < -0.4 is 0 Å². The highest BCUT2D eigenvalue weighted by atomic mass is 35.5. The van der Waals surface area contributed by atoms with Gasteiger partial charge in [-0.1, -0.05) is 83.9 Å². The number of imidazole rings is 2. The number of para-hydroxylation sites is 2. The van der Waals surface area contributed by atoms with Crippen molar-refractivity contribution < 1.29 is 8.83 Å². The highest BCUT2D eigenvalue weighted by Gasteiger charge is 2.26. The number of pyridine rings is 2. The van der Waals surface area contributed by atoms with Crippen LogP contribution in [-0.2, 0) is 0 Å². The maximum atomic E-state index is 10.6. The van der Waals surface area contributed by atoms with Crippen molar-refractivity contribution in [1.82, 2.24) is 29.1 Å². The molecule has 64 heavy (non-hydrogen) atoms. The Balaban J connectivity index is 0.859. The summed E-state index contributed by atoms with van der Waals surface area (Å²) in [6.45, 7) is 0. The molecule has 0 saturated carbocycles. The van der Waals surface area contributed by atoms with Crippen molar-refractivity contribution in [1.29, 1.82) is 10.5 Å². The van der Waals surface area contributed by atoms with Gasteiger partial charge in [0.15, 0.2) is 0 Å². The van der Waals surface area contributed by atoms with Gasteiger partial charge in [-0.3, -0.25) is 19.1 Å². The number of furan rings is 2. The summed E-state index contributed by atoms with van der Waals surface area (Å²) in [6, 6.07) is 47.5. The van der Waals surface area contributed by atoms with Crippen molar-refractivity contribution >= 4 is 89.0 Å². The summed E-state index contributed by atoms with van der Waals surface area (Å²) in [7, 11) is 0. The van der Waals surface area contributed by atoms with Gasteiger partial charge in [-0.25, -0.2) is 9.97 Å². The molecule has 2 atom stereocenters. The fraction of sp³-hybridized carbons (Fsp3) is 0.0385. The van der Waals surface area contributed by atoms with E-state index in [9.17, 15) is 10.5 Å². The molecule has 0 amide bonds. The lowest BCUT2D eigenvalue weighted by atomic mass is 9.83. The third-order valence-electron chi connectivity index (χ3n) is 12.0. The number of nitriles is 2. The molecule has 302 valence electrons. The summed E-state index contributed by atoms with van der Waals surface area (Å²) >= 11 is 13.6. The van der Waals surface area contributed by atoms with Gasteiger partial charge in [0.25, 0.3) is 0 Å². The van der Waals surface area contributed by atoms with Gasteiger partial charge in [-0.05, 0) is 83.9 Å². The Hall–Kier alpha value is -8.28. The molecule has 0 N–H and O–H groups in total. The second kappa shape index (κ2) is 14.7. The van der Waals surface area contributed by atoms with E-state index in [4.69, 9.17) is 32.0 Å². The van der Waals surface area contributed by atoms with Gasteiger partial charge in [-0.2, -0.15) is 10.5 Å². The third kappa shape index (κ3) is 6.00. The summed E-state index contributed by atoms with van der Waals surface area (Å²) in [5, 5.41) is 25.8. The Labute approximate surface area is 373 Å². The van der Waals surface area contributed by atoms with Gasteiger partial charge in [0.05, 0.1) is 68.5 Å². The molecule has 0 spiro atoms. The van der Waals surface area contributed by atoms with Gasteiger partial charge in [0.1, 0.15) is 46.4 Å². The van der Waals surface area contributed by atoms with Crippen molar-refractivity contribution in [2.24, 2.45) is 0 Å². The molecule has 0 aliphatic carbocycles. The number of aromatic nitrogens is 6. The SMILES string of the molecule is N#CC(c1ccc(-n2cnc3cnc4cc(Cl)c(-c5cc6ccccc6o5)cc4c32)cc1)C(C#N)c1ccc(-n2cnc3cnc4cc(Cl)c(-c5cc6ccccc6o5)cc4c32)cc1. The van der Waals surface area contributed by atoms with Crippen LogP contribution in [0.3, 0.4) is 0 Å². The maximum Gasteiger partial charge on any atom is 0.136 e. The molecule has 6 aromatic heterocycles. The second-order valence-corrected chi connectivity index (χ2v) is 16.4. The van der Waals surface area contributed by atoms with E-state index in [2.05, 4.69) is 32.1 Å². The molecule has 12 heteroatoms. The van der Waals surface area contributed by atoms with E-state index in [0.717, 1.165) is 77.4 Å². The van der Waals surface area contributed by atoms with E-state index < -0.39 is 11.8 Å². The summed E-state index contributed by atoms with van der Waals surface area (Å²) in [4.78, 5) is 18.7. The number of halogens is 2. The fourth-order valence-corrected chi connectivity index (χ4v) is 9.30. The summed E-state index contributed by atoms with van der Waals surface area (Å²) in [6.07, 6.45) is 6.99. The monoisotopic (exact) mass is 866 g/mol. The zero-order valence-electron chi connectivity index (χ0n) is 33.3. The van der Waals surface area contributed by atoms with Gasteiger partial charge in [0, 0.05) is 44.0 Å². The lowest BCUT2D eigenvalue weighted by Crippen LogP contribution is -2.09. The number of hydrogen-bond acceptors (Lipinski definition) is 8. The minimum Gasteiger partial charge on any atom is -0.456 e. The van der Waals surface area contributed by atoms with Crippen LogP contribution in [0.2, 0.25) is 10.0 Å². The number of nitrogens with zero attached hydrogens (tertiary/aromatic N) is 8. The molecule has 10 nitrogen and oxygen atoms in total. The first kappa shape index (κ1) is 37.5. The first-order valence-electron chi connectivity index (χ1n) is 20.3. The second-order valence-electron chi connectivity index (χ2n) is 15.6. The zero-order chi connectivity index (χ0) is 43.1. The predicted molar refractivity (Wildman–Crippen MR) is 250 cm³/mol. The number of fused-ring (bicyclic) bond motifs is 8. The molecule has 6 heterocycles. The van der Waals surface area contributed by atoms with E-state index in [-0.39, 0.29) is 0 Å². The minimum absolute atomic E-state index is 0.527. The first-order chi connectivity index (χ1) is 31.4. The third-order valence-corrected chi connectivity index (χ3v) is 12.6. The fourth-order valence-electron chi connectivity index (χ4n) is 8.79. The van der Waals surface area contributed by atoms with Crippen molar-refractivity contribution in [2.45, 2.75) is 11.8 Å². The van der Waals surface area contributed by atoms with Gasteiger partial charge >= 0.3 is 0 Å². The molecular weight excluding hydrogens is 840 g/mol. The van der Waals surface area contributed by atoms with Gasteiger partial charge < -0.3 is 8.83 Å². The van der Waals surface area contributed by atoms with Crippen molar-refractivity contribution in [3.63, 3.8) is 0 Å².